The molecule has 1 rings (SSSR count). The highest BCUT2D eigenvalue weighted by atomic mass is 16.4. The summed E-state index contributed by atoms with van der Waals surface area (Å²) in [5.74, 6) is -1.16. The molecule has 0 aromatic carbocycles. The van der Waals surface area contributed by atoms with Crippen LogP contribution >= 0.6 is 0 Å². The van der Waals surface area contributed by atoms with Crippen molar-refractivity contribution in [1.29, 1.82) is 0 Å². The summed E-state index contributed by atoms with van der Waals surface area (Å²) in [6.07, 6.45) is 2.79. The van der Waals surface area contributed by atoms with Crippen molar-refractivity contribution in [3.63, 3.8) is 0 Å². The van der Waals surface area contributed by atoms with Crippen LogP contribution in [0.25, 0.3) is 6.08 Å². The number of nitrogens with zero attached hydrogens (tertiary/aromatic N) is 1. The van der Waals surface area contributed by atoms with E-state index >= 15 is 0 Å². The molecule has 0 aliphatic carbocycles. The third kappa shape index (κ3) is 1.37. The number of aliphatic hydroxyl groups excluding tert-OH is 1. The number of carbonyl (C=O) groups is 1. The molecule has 0 radical (unpaired) electrons. The van der Waals surface area contributed by atoms with E-state index in [0.29, 0.717) is 6.26 Å². The van der Waals surface area contributed by atoms with Crippen molar-refractivity contribution in [1.82, 2.24) is 4.98 Å². The van der Waals surface area contributed by atoms with E-state index in [9.17, 15) is 4.79 Å². The van der Waals surface area contributed by atoms with Crippen LogP contribution in [0.3, 0.4) is 0 Å². The molecule has 0 unspecified atom stereocenters. The molecule has 1 aromatic heterocycles. The third-order valence-corrected chi connectivity index (χ3v) is 1.02. The molecule has 0 bridgehead atoms. The molecule has 1 aromatic rings. The zero-order chi connectivity index (χ0) is 8.27. The minimum absolute atomic E-state index is 0.0278. The first kappa shape index (κ1) is 7.33. The summed E-state index contributed by atoms with van der Waals surface area (Å²) in [5.41, 5.74) is -0.213. The van der Waals surface area contributed by atoms with Crippen LogP contribution in [0, 0.1) is 0 Å². The Morgan fingerprint density at radius 1 is 1.73 bits per heavy atom. The van der Waals surface area contributed by atoms with Crippen molar-refractivity contribution < 1.29 is 19.4 Å². The summed E-state index contributed by atoms with van der Waals surface area (Å²) < 4.78 is 4.63. The first-order valence-electron chi connectivity index (χ1n) is 2.73. The van der Waals surface area contributed by atoms with Crippen molar-refractivity contribution >= 4 is 12.0 Å². The Morgan fingerprint density at radius 2 is 2.45 bits per heavy atom. The zero-order valence-corrected chi connectivity index (χ0v) is 5.39. The van der Waals surface area contributed by atoms with Crippen molar-refractivity contribution in [2.75, 3.05) is 0 Å². The number of carboxylic acid groups (broad SMARTS) is 1. The Bertz CT molecular complexity index is 289. The summed E-state index contributed by atoms with van der Waals surface area (Å²) in [6, 6.07) is 0. The van der Waals surface area contributed by atoms with Gasteiger partial charge >= 0.3 is 5.97 Å². The van der Waals surface area contributed by atoms with Gasteiger partial charge in [-0.15, -0.1) is 0 Å². The maximum absolute atomic E-state index is 10.3. The largest absolute Gasteiger partial charge is 0.515 e. The van der Waals surface area contributed by atoms with Crippen molar-refractivity contribution in [3.05, 3.63) is 24.1 Å². The number of aliphatic hydroxyl groups is 1. The van der Waals surface area contributed by atoms with Gasteiger partial charge in [-0.3, -0.25) is 0 Å². The first-order valence-corrected chi connectivity index (χ1v) is 2.73. The van der Waals surface area contributed by atoms with E-state index in [0.717, 1.165) is 12.5 Å². The lowest BCUT2D eigenvalue weighted by Crippen LogP contribution is -1.97. The predicted molar refractivity (Wildman–Crippen MR) is 35.1 cm³/mol. The normalized spacial score (nSPS) is 10.5. The third-order valence-electron chi connectivity index (χ3n) is 1.02. The van der Waals surface area contributed by atoms with E-state index in [1.807, 2.05) is 0 Å². The molecule has 1 heterocycles. The Hall–Kier alpha value is -1.78. The van der Waals surface area contributed by atoms with Crippen molar-refractivity contribution in [2.45, 2.75) is 0 Å². The number of hydrogen-bond donors (Lipinski definition) is 2. The lowest BCUT2D eigenvalue weighted by atomic mass is 10.3. The molecule has 0 fully saturated rings. The highest BCUT2D eigenvalue weighted by Crippen LogP contribution is 2.07. The van der Waals surface area contributed by atoms with Crippen LogP contribution in [0.1, 0.15) is 16.2 Å². The number of carboxylic acids is 1. The number of aromatic nitrogens is 1. The topological polar surface area (TPSA) is 83.6 Å². The van der Waals surface area contributed by atoms with Gasteiger partial charge in [-0.25, -0.2) is 9.78 Å². The van der Waals surface area contributed by atoms with E-state index in [1.165, 1.54) is 0 Å². The molecule has 2 N–H and O–H groups in total. The van der Waals surface area contributed by atoms with Gasteiger partial charge in [-0.2, -0.15) is 0 Å². The lowest BCUT2D eigenvalue weighted by molar-refractivity contribution is 0.0690. The maximum atomic E-state index is 10.3. The summed E-state index contributed by atoms with van der Waals surface area (Å²) in [5, 5.41) is 16.7. The molecule has 11 heavy (non-hydrogen) atoms. The molecule has 0 saturated heterocycles. The zero-order valence-electron chi connectivity index (χ0n) is 5.39. The van der Waals surface area contributed by atoms with E-state index in [-0.39, 0.29) is 11.5 Å². The molecule has 5 nitrogen and oxygen atoms in total. The number of oxazole rings is 1. The Morgan fingerprint density at radius 3 is 3.00 bits per heavy atom. The highest BCUT2D eigenvalue weighted by molar-refractivity contribution is 5.88. The minimum atomic E-state index is -1.19. The summed E-state index contributed by atoms with van der Waals surface area (Å²) >= 11 is 0. The van der Waals surface area contributed by atoms with Crippen LogP contribution in [0.4, 0.5) is 0 Å². The smallest absolute Gasteiger partial charge is 0.358 e. The van der Waals surface area contributed by atoms with E-state index < -0.39 is 5.97 Å². The first-order chi connectivity index (χ1) is 5.25. The van der Waals surface area contributed by atoms with Crippen LogP contribution in [0.15, 0.2) is 17.1 Å². The molecular weight excluding hydrogens is 150 g/mol. The fourth-order valence-electron chi connectivity index (χ4n) is 0.602. The molecule has 0 amide bonds. The van der Waals surface area contributed by atoms with Gasteiger partial charge in [0.05, 0.1) is 6.26 Å². The summed E-state index contributed by atoms with van der Waals surface area (Å²) in [4.78, 5) is 13.7. The van der Waals surface area contributed by atoms with Crippen LogP contribution in [-0.2, 0) is 0 Å². The molecule has 5 heteroatoms. The number of rotatable bonds is 2. The van der Waals surface area contributed by atoms with Crippen molar-refractivity contribution in [3.8, 4) is 0 Å². The lowest BCUT2D eigenvalue weighted by Gasteiger charge is -1.85. The Labute approximate surface area is 61.6 Å². The van der Waals surface area contributed by atoms with Crippen LogP contribution in [0.2, 0.25) is 0 Å². The van der Waals surface area contributed by atoms with E-state index in [1.54, 1.807) is 0 Å². The van der Waals surface area contributed by atoms with E-state index in [4.69, 9.17) is 10.2 Å². The Kier molecular flexibility index (Phi) is 1.91. The average molecular weight is 155 g/mol. The summed E-state index contributed by atoms with van der Waals surface area (Å²) in [6.45, 7) is 0. The SMILES string of the molecule is O=C(O)c1ncoc1C=CO. The van der Waals surface area contributed by atoms with Gasteiger partial charge < -0.3 is 14.6 Å². The standard InChI is InChI=1S/C6H5NO4/c8-2-1-4-5(6(9)10)7-3-11-4/h1-3,8H,(H,9,10). The maximum Gasteiger partial charge on any atom is 0.358 e. The second kappa shape index (κ2) is 2.87. The van der Waals surface area contributed by atoms with Gasteiger partial charge in [0.2, 0.25) is 0 Å². The average Bonchev–Trinajstić information content (AvgIpc) is 2.36. The fraction of sp³-hybridized carbons (Fsp3) is 0. The minimum Gasteiger partial charge on any atom is -0.515 e. The van der Waals surface area contributed by atoms with Gasteiger partial charge in [0.15, 0.2) is 17.8 Å². The van der Waals surface area contributed by atoms with Gasteiger partial charge in [-0.05, 0) is 0 Å². The molecule has 0 atom stereocenters. The van der Waals surface area contributed by atoms with E-state index in [2.05, 4.69) is 9.40 Å². The second-order valence-corrected chi connectivity index (χ2v) is 1.69. The van der Waals surface area contributed by atoms with Gasteiger partial charge in [-0.1, -0.05) is 0 Å². The Balaban J connectivity index is 3.05. The van der Waals surface area contributed by atoms with Crippen LogP contribution < -0.4 is 0 Å². The molecule has 58 valence electrons. The molecular formula is C6H5NO4. The molecule has 0 spiro atoms. The quantitative estimate of drug-likeness (QED) is 0.620. The molecule has 0 saturated carbocycles. The van der Waals surface area contributed by atoms with Gasteiger partial charge in [0, 0.05) is 6.08 Å². The second-order valence-electron chi connectivity index (χ2n) is 1.69. The fourth-order valence-corrected chi connectivity index (χ4v) is 0.602. The number of hydrogen-bond acceptors (Lipinski definition) is 4. The number of aromatic carboxylic acids is 1. The van der Waals surface area contributed by atoms with Crippen LogP contribution in [-0.4, -0.2) is 21.2 Å². The molecule has 0 aliphatic heterocycles. The summed E-state index contributed by atoms with van der Waals surface area (Å²) in [7, 11) is 0. The predicted octanol–water partition coefficient (Wildman–Crippen LogP) is 0.901. The van der Waals surface area contributed by atoms with Crippen molar-refractivity contribution in [2.24, 2.45) is 0 Å². The van der Waals surface area contributed by atoms with Crippen LogP contribution in [0.5, 0.6) is 0 Å². The van der Waals surface area contributed by atoms with Gasteiger partial charge in [0.25, 0.3) is 0 Å². The highest BCUT2D eigenvalue weighted by Gasteiger charge is 2.12. The van der Waals surface area contributed by atoms with Gasteiger partial charge in [0.1, 0.15) is 0 Å². The molecule has 0 aliphatic rings. The monoisotopic (exact) mass is 155 g/mol.